The highest BCUT2D eigenvalue weighted by molar-refractivity contribution is 7.99. The standard InChI is InChI=1S/C20H19ClN4O2S/c1-3-25-19(15-4-8-16(21)9-5-15)23-24-20(25)28-12-18(27)14-6-10-17(11-7-14)22-13(2)26/h4-11H,3,12H2,1-2H3,(H,22,26). The van der Waals surface area contributed by atoms with Crippen LogP contribution >= 0.6 is 23.4 Å². The Morgan fingerprint density at radius 2 is 1.75 bits per heavy atom. The number of Topliss-reactive ketones (excluding diaryl/α,β-unsaturated/α-hetero) is 1. The van der Waals surface area contributed by atoms with E-state index in [4.69, 9.17) is 11.6 Å². The van der Waals surface area contributed by atoms with E-state index >= 15 is 0 Å². The number of amides is 1. The molecule has 1 amide bonds. The lowest BCUT2D eigenvalue weighted by Crippen LogP contribution is -2.07. The van der Waals surface area contributed by atoms with Crippen LogP contribution in [0.1, 0.15) is 24.2 Å². The lowest BCUT2D eigenvalue weighted by molar-refractivity contribution is -0.114. The van der Waals surface area contributed by atoms with Crippen molar-refractivity contribution in [2.75, 3.05) is 11.1 Å². The highest BCUT2D eigenvalue weighted by Crippen LogP contribution is 2.25. The smallest absolute Gasteiger partial charge is 0.221 e. The summed E-state index contributed by atoms with van der Waals surface area (Å²) in [5.74, 6) is 0.829. The number of hydrogen-bond donors (Lipinski definition) is 1. The van der Waals surface area contributed by atoms with Crippen LogP contribution in [-0.4, -0.2) is 32.2 Å². The summed E-state index contributed by atoms with van der Waals surface area (Å²) in [6.07, 6.45) is 0. The van der Waals surface area contributed by atoms with Crippen LogP contribution in [0.2, 0.25) is 5.02 Å². The minimum atomic E-state index is -0.148. The number of rotatable bonds is 7. The molecule has 3 rings (SSSR count). The predicted molar refractivity (Wildman–Crippen MR) is 112 cm³/mol. The molecule has 1 N–H and O–H groups in total. The molecule has 0 atom stereocenters. The van der Waals surface area contributed by atoms with Crippen molar-refractivity contribution in [1.82, 2.24) is 14.8 Å². The molecule has 0 fully saturated rings. The molecular weight excluding hydrogens is 396 g/mol. The summed E-state index contributed by atoms with van der Waals surface area (Å²) in [7, 11) is 0. The lowest BCUT2D eigenvalue weighted by Gasteiger charge is -2.07. The van der Waals surface area contributed by atoms with Crippen LogP contribution in [0, 0.1) is 0 Å². The van der Waals surface area contributed by atoms with Crippen molar-refractivity contribution in [2.45, 2.75) is 25.5 Å². The molecule has 0 unspecified atom stereocenters. The first kappa shape index (κ1) is 20.1. The first-order valence-corrected chi connectivity index (χ1v) is 10.1. The Bertz CT molecular complexity index is 984. The highest BCUT2D eigenvalue weighted by Gasteiger charge is 2.15. The Hall–Kier alpha value is -2.64. The van der Waals surface area contributed by atoms with Gasteiger partial charge >= 0.3 is 0 Å². The number of hydrogen-bond acceptors (Lipinski definition) is 5. The minimum absolute atomic E-state index is 0.0157. The molecule has 0 aliphatic rings. The second-order valence-corrected chi connectivity index (χ2v) is 7.41. The summed E-state index contributed by atoms with van der Waals surface area (Å²) in [5.41, 5.74) is 2.17. The maximum atomic E-state index is 12.5. The summed E-state index contributed by atoms with van der Waals surface area (Å²) < 4.78 is 1.97. The van der Waals surface area contributed by atoms with Gasteiger partial charge in [0.25, 0.3) is 0 Å². The second kappa shape index (κ2) is 9.03. The average molecular weight is 415 g/mol. The highest BCUT2D eigenvalue weighted by atomic mass is 35.5. The van der Waals surface area contributed by atoms with Crippen molar-refractivity contribution in [1.29, 1.82) is 0 Å². The van der Waals surface area contributed by atoms with Gasteiger partial charge in [0.1, 0.15) is 0 Å². The third-order valence-corrected chi connectivity index (χ3v) is 5.21. The third-order valence-electron chi connectivity index (χ3n) is 4.00. The van der Waals surface area contributed by atoms with Crippen LogP contribution in [0.25, 0.3) is 11.4 Å². The molecule has 1 heterocycles. The van der Waals surface area contributed by atoms with E-state index in [1.807, 2.05) is 35.8 Å². The zero-order valence-corrected chi connectivity index (χ0v) is 17.0. The zero-order chi connectivity index (χ0) is 20.1. The molecule has 0 aliphatic heterocycles. The van der Waals surface area contributed by atoms with E-state index < -0.39 is 0 Å². The van der Waals surface area contributed by atoms with Crippen molar-refractivity contribution in [2.24, 2.45) is 0 Å². The van der Waals surface area contributed by atoms with E-state index in [-0.39, 0.29) is 17.4 Å². The number of ketones is 1. The normalized spacial score (nSPS) is 10.7. The summed E-state index contributed by atoms with van der Waals surface area (Å²) in [5, 5.41) is 12.5. The van der Waals surface area contributed by atoms with Crippen LogP contribution in [0.3, 0.4) is 0 Å². The van der Waals surface area contributed by atoms with Gasteiger partial charge in [0.15, 0.2) is 16.8 Å². The van der Waals surface area contributed by atoms with Gasteiger partial charge in [-0.1, -0.05) is 23.4 Å². The molecule has 0 aliphatic carbocycles. The van der Waals surface area contributed by atoms with Crippen molar-refractivity contribution < 1.29 is 9.59 Å². The average Bonchev–Trinajstić information content (AvgIpc) is 3.09. The van der Waals surface area contributed by atoms with Crippen molar-refractivity contribution in [3.05, 3.63) is 59.1 Å². The van der Waals surface area contributed by atoms with E-state index in [1.165, 1.54) is 18.7 Å². The van der Waals surface area contributed by atoms with Crippen LogP contribution < -0.4 is 5.32 Å². The van der Waals surface area contributed by atoms with E-state index in [1.54, 1.807) is 24.3 Å². The molecule has 3 aromatic rings. The number of anilines is 1. The van der Waals surface area contributed by atoms with Crippen LogP contribution in [0.4, 0.5) is 5.69 Å². The fraction of sp³-hybridized carbons (Fsp3) is 0.200. The molecule has 0 saturated heterocycles. The molecule has 8 heteroatoms. The molecule has 144 valence electrons. The van der Waals surface area contributed by atoms with Crippen molar-refractivity contribution in [3.63, 3.8) is 0 Å². The number of carbonyl (C=O) groups is 2. The van der Waals surface area contributed by atoms with E-state index in [0.29, 0.717) is 28.0 Å². The van der Waals surface area contributed by atoms with E-state index in [2.05, 4.69) is 15.5 Å². The minimum Gasteiger partial charge on any atom is -0.326 e. The van der Waals surface area contributed by atoms with Crippen LogP contribution in [0.5, 0.6) is 0 Å². The van der Waals surface area contributed by atoms with Gasteiger partial charge in [0.05, 0.1) is 5.75 Å². The molecular formula is C20H19ClN4O2S. The van der Waals surface area contributed by atoms with Crippen LogP contribution in [-0.2, 0) is 11.3 Å². The first-order valence-electron chi connectivity index (χ1n) is 8.70. The molecule has 0 bridgehead atoms. The summed E-state index contributed by atoms with van der Waals surface area (Å²) in [6, 6.07) is 14.3. The quantitative estimate of drug-likeness (QED) is 0.453. The molecule has 0 radical (unpaired) electrons. The maximum absolute atomic E-state index is 12.5. The van der Waals surface area contributed by atoms with Gasteiger partial charge in [-0.3, -0.25) is 9.59 Å². The monoisotopic (exact) mass is 414 g/mol. The van der Waals surface area contributed by atoms with Gasteiger partial charge in [-0.2, -0.15) is 0 Å². The van der Waals surface area contributed by atoms with Crippen molar-refractivity contribution in [3.8, 4) is 11.4 Å². The SMILES string of the molecule is CCn1c(SCC(=O)c2ccc(NC(C)=O)cc2)nnc1-c1ccc(Cl)cc1. The van der Waals surface area contributed by atoms with Gasteiger partial charge in [-0.25, -0.2) is 0 Å². The molecule has 1 aromatic heterocycles. The fourth-order valence-corrected chi connectivity index (χ4v) is 3.67. The number of nitrogens with zero attached hydrogens (tertiary/aromatic N) is 3. The molecule has 0 spiro atoms. The number of aromatic nitrogens is 3. The third kappa shape index (κ3) is 4.79. The topological polar surface area (TPSA) is 76.9 Å². The van der Waals surface area contributed by atoms with Crippen molar-refractivity contribution >= 4 is 40.7 Å². The number of carbonyl (C=O) groups excluding carboxylic acids is 2. The molecule has 2 aromatic carbocycles. The second-order valence-electron chi connectivity index (χ2n) is 6.03. The first-order chi connectivity index (χ1) is 13.5. The van der Waals surface area contributed by atoms with E-state index in [9.17, 15) is 9.59 Å². The number of halogens is 1. The zero-order valence-electron chi connectivity index (χ0n) is 15.5. The maximum Gasteiger partial charge on any atom is 0.221 e. The van der Waals surface area contributed by atoms with E-state index in [0.717, 1.165) is 11.4 Å². The number of benzene rings is 2. The Morgan fingerprint density at radius 1 is 1.07 bits per heavy atom. The van der Waals surface area contributed by atoms with Gasteiger partial charge in [0, 0.05) is 35.3 Å². The Labute approximate surface area is 172 Å². The Kier molecular flexibility index (Phi) is 6.49. The predicted octanol–water partition coefficient (Wildman–Crippen LogP) is 4.55. The number of thioether (sulfide) groups is 1. The molecule has 0 saturated carbocycles. The largest absolute Gasteiger partial charge is 0.326 e. The summed E-state index contributed by atoms with van der Waals surface area (Å²) >= 11 is 7.30. The fourth-order valence-electron chi connectivity index (χ4n) is 2.65. The van der Waals surface area contributed by atoms with Gasteiger partial charge in [-0.15, -0.1) is 10.2 Å². The molecule has 28 heavy (non-hydrogen) atoms. The lowest BCUT2D eigenvalue weighted by atomic mass is 10.1. The Balaban J connectivity index is 1.69. The summed E-state index contributed by atoms with van der Waals surface area (Å²) in [6.45, 7) is 4.14. The summed E-state index contributed by atoms with van der Waals surface area (Å²) in [4.78, 5) is 23.6. The Morgan fingerprint density at radius 3 is 2.36 bits per heavy atom. The van der Waals surface area contributed by atoms with Gasteiger partial charge in [-0.05, 0) is 55.5 Å². The van der Waals surface area contributed by atoms with Gasteiger partial charge in [0.2, 0.25) is 5.91 Å². The number of nitrogens with one attached hydrogen (secondary N) is 1. The molecule has 6 nitrogen and oxygen atoms in total. The van der Waals surface area contributed by atoms with Gasteiger partial charge < -0.3 is 9.88 Å². The van der Waals surface area contributed by atoms with Crippen LogP contribution in [0.15, 0.2) is 53.7 Å².